The molecule has 11 heteroatoms. The van der Waals surface area contributed by atoms with Gasteiger partial charge in [0.15, 0.2) is 11.5 Å². The molecule has 2 aliphatic heterocycles. The van der Waals surface area contributed by atoms with Gasteiger partial charge >= 0.3 is 0 Å². The molecule has 43 heavy (non-hydrogen) atoms. The van der Waals surface area contributed by atoms with Crippen LogP contribution in [0.4, 0.5) is 17.3 Å². The van der Waals surface area contributed by atoms with Gasteiger partial charge in [-0.15, -0.1) is 11.7 Å². The largest absolute Gasteiger partial charge is 0.371 e. The van der Waals surface area contributed by atoms with Crippen LogP contribution >= 0.6 is 0 Å². The molecule has 11 nitrogen and oxygen atoms in total. The number of benzene rings is 1. The van der Waals surface area contributed by atoms with Gasteiger partial charge in [0.05, 0.1) is 12.6 Å². The Hall–Kier alpha value is -4.25. The zero-order chi connectivity index (χ0) is 30.3. The van der Waals surface area contributed by atoms with E-state index in [4.69, 9.17) is 4.98 Å². The molecule has 0 radical (unpaired) electrons. The zero-order valence-corrected chi connectivity index (χ0v) is 25.6. The molecular weight excluding hydrogens is 542 g/mol. The van der Waals surface area contributed by atoms with E-state index in [1.54, 1.807) is 16.8 Å². The van der Waals surface area contributed by atoms with Gasteiger partial charge in [-0.1, -0.05) is 6.08 Å². The Morgan fingerprint density at radius 3 is 2.44 bits per heavy atom. The number of nitrogens with zero attached hydrogens (tertiary/aromatic N) is 8. The lowest BCUT2D eigenvalue weighted by Gasteiger charge is -2.47. The van der Waals surface area contributed by atoms with Crippen molar-refractivity contribution in [2.75, 3.05) is 43.4 Å². The van der Waals surface area contributed by atoms with E-state index in [1.807, 2.05) is 13.8 Å². The highest BCUT2D eigenvalue weighted by atomic mass is 16.1. The summed E-state index contributed by atoms with van der Waals surface area (Å²) in [5.41, 5.74) is 3.78. The highest BCUT2D eigenvalue weighted by molar-refractivity contribution is 5.77. The van der Waals surface area contributed by atoms with Crippen molar-refractivity contribution < 1.29 is 0 Å². The van der Waals surface area contributed by atoms with Crippen LogP contribution in [0.5, 0.6) is 0 Å². The van der Waals surface area contributed by atoms with E-state index in [1.165, 1.54) is 71.7 Å². The first kappa shape index (κ1) is 28.9. The van der Waals surface area contributed by atoms with Crippen LogP contribution in [0.2, 0.25) is 0 Å². The first-order chi connectivity index (χ1) is 20.7. The number of rotatable bonds is 7. The van der Waals surface area contributed by atoms with Crippen molar-refractivity contribution in [2.24, 2.45) is 5.41 Å². The van der Waals surface area contributed by atoms with Crippen molar-refractivity contribution in [1.82, 2.24) is 34.0 Å². The molecular formula is C32H41N9O2. The maximum Gasteiger partial charge on any atom is 0.278 e. The van der Waals surface area contributed by atoms with Gasteiger partial charge in [0.25, 0.3) is 11.1 Å². The molecule has 2 fully saturated rings. The number of nitrogens with one attached hydrogen (secondary N) is 1. The number of fused-ring (bicyclic) bond motifs is 1. The quantitative estimate of drug-likeness (QED) is 0.322. The first-order valence-electron chi connectivity index (χ1n) is 15.2. The summed E-state index contributed by atoms with van der Waals surface area (Å²) in [7, 11) is 2.23. The third-order valence-electron chi connectivity index (χ3n) is 9.16. The van der Waals surface area contributed by atoms with E-state index in [-0.39, 0.29) is 23.7 Å². The van der Waals surface area contributed by atoms with E-state index in [0.29, 0.717) is 28.2 Å². The number of anilines is 3. The molecule has 6 rings (SSSR count). The van der Waals surface area contributed by atoms with E-state index in [2.05, 4.69) is 63.9 Å². The molecule has 2 saturated heterocycles. The van der Waals surface area contributed by atoms with Crippen molar-refractivity contribution >= 4 is 28.4 Å². The van der Waals surface area contributed by atoms with Crippen LogP contribution in [0.25, 0.3) is 16.9 Å². The maximum atomic E-state index is 13.3. The zero-order valence-electron chi connectivity index (χ0n) is 25.6. The molecule has 0 saturated carbocycles. The summed E-state index contributed by atoms with van der Waals surface area (Å²) in [6.45, 7) is 14.6. The van der Waals surface area contributed by atoms with Crippen LogP contribution < -0.4 is 21.3 Å². The lowest BCUT2D eigenvalue weighted by molar-refractivity contribution is 0.0944. The Morgan fingerprint density at radius 2 is 1.77 bits per heavy atom. The molecule has 0 unspecified atom stereocenters. The number of hydrogen-bond acceptors (Lipinski definition) is 8. The molecule has 0 bridgehead atoms. The summed E-state index contributed by atoms with van der Waals surface area (Å²) in [6.07, 6.45) is 8.31. The Kier molecular flexibility index (Phi) is 7.68. The molecule has 0 atom stereocenters. The van der Waals surface area contributed by atoms with Crippen LogP contribution in [-0.2, 0) is 6.54 Å². The van der Waals surface area contributed by atoms with Crippen molar-refractivity contribution in [3.05, 3.63) is 75.5 Å². The highest BCUT2D eigenvalue weighted by Crippen LogP contribution is 2.42. The molecule has 1 spiro atoms. The average molecular weight is 584 g/mol. The summed E-state index contributed by atoms with van der Waals surface area (Å²) in [5, 5.41) is 8.23. The maximum absolute atomic E-state index is 13.3. The van der Waals surface area contributed by atoms with Crippen molar-refractivity contribution in [3.63, 3.8) is 0 Å². The van der Waals surface area contributed by atoms with Gasteiger partial charge in [-0.2, -0.15) is 4.98 Å². The van der Waals surface area contributed by atoms with Gasteiger partial charge in [-0.05, 0) is 102 Å². The van der Waals surface area contributed by atoms with Crippen LogP contribution in [0, 0.1) is 12.3 Å². The third kappa shape index (κ3) is 5.49. The van der Waals surface area contributed by atoms with Crippen molar-refractivity contribution in [3.8, 4) is 5.82 Å². The van der Waals surface area contributed by atoms with E-state index >= 15 is 0 Å². The fourth-order valence-corrected chi connectivity index (χ4v) is 6.54. The number of aromatic nitrogens is 6. The van der Waals surface area contributed by atoms with Gasteiger partial charge in [0.1, 0.15) is 5.39 Å². The lowest BCUT2D eigenvalue weighted by Crippen LogP contribution is -2.46. The first-order valence-corrected chi connectivity index (χ1v) is 15.2. The normalized spacial score (nSPS) is 17.2. The van der Waals surface area contributed by atoms with Crippen molar-refractivity contribution in [1.29, 1.82) is 0 Å². The second-order valence-electron chi connectivity index (χ2n) is 12.4. The SMILES string of the molecule is C=CCn1c(=O)c2cnc(Nc3ccc(N4CCC5(CCN(C)CC5)CC4)c(C)c3)nc2n1-c1ccc(=O)n(C(C)C)n1. The topological polar surface area (TPSA) is 106 Å². The Morgan fingerprint density at radius 1 is 1.05 bits per heavy atom. The molecule has 4 aromatic rings. The lowest BCUT2D eigenvalue weighted by atomic mass is 9.71. The molecule has 226 valence electrons. The number of aryl methyl sites for hydroxylation is 1. The van der Waals surface area contributed by atoms with Crippen LogP contribution in [0.1, 0.15) is 51.1 Å². The second-order valence-corrected chi connectivity index (χ2v) is 12.4. The summed E-state index contributed by atoms with van der Waals surface area (Å²) in [6, 6.07) is 9.28. The average Bonchev–Trinajstić information content (AvgIpc) is 3.26. The Bertz CT molecular complexity index is 1770. The number of hydrogen-bond donors (Lipinski definition) is 1. The smallest absolute Gasteiger partial charge is 0.278 e. The van der Waals surface area contributed by atoms with Gasteiger partial charge in [0, 0.05) is 36.7 Å². The summed E-state index contributed by atoms with van der Waals surface area (Å²) >= 11 is 0. The molecule has 1 N–H and O–H groups in total. The van der Waals surface area contributed by atoms with Gasteiger partial charge in [-0.25, -0.2) is 19.0 Å². The second kappa shape index (κ2) is 11.4. The highest BCUT2D eigenvalue weighted by Gasteiger charge is 2.37. The van der Waals surface area contributed by atoms with Crippen molar-refractivity contribution in [2.45, 2.75) is 59.0 Å². The predicted octanol–water partition coefficient (Wildman–Crippen LogP) is 4.27. The Labute approximate surface area is 251 Å². The molecule has 0 aliphatic carbocycles. The third-order valence-corrected chi connectivity index (χ3v) is 9.16. The molecule has 0 amide bonds. The fourth-order valence-electron chi connectivity index (χ4n) is 6.54. The monoisotopic (exact) mass is 583 g/mol. The molecule has 1 aromatic carbocycles. The van der Waals surface area contributed by atoms with Crippen LogP contribution in [-0.4, -0.2) is 67.2 Å². The van der Waals surface area contributed by atoms with Gasteiger partial charge in [-0.3, -0.25) is 9.59 Å². The van der Waals surface area contributed by atoms with E-state index in [9.17, 15) is 9.59 Å². The minimum atomic E-state index is -0.255. The summed E-state index contributed by atoms with van der Waals surface area (Å²) in [4.78, 5) is 39.9. The standard InChI is InChI=1S/C32H41N9O2/c1-6-15-39-30(43)25-21-33-31(35-29(25)41(39)27-9-10-28(42)40(36-27)22(2)3)34-24-7-8-26(23(4)20-24)38-18-13-32(14-19-38)11-16-37(5)17-12-32/h6-10,20-22H,1,11-19H2,2-5H3,(H,33,34,35). The summed E-state index contributed by atoms with van der Waals surface area (Å²) < 4.78 is 4.53. The minimum Gasteiger partial charge on any atom is -0.371 e. The fraction of sp³-hybridized carbons (Fsp3) is 0.469. The van der Waals surface area contributed by atoms with Crippen LogP contribution in [0.15, 0.2) is 58.8 Å². The molecule has 2 aliphatic rings. The van der Waals surface area contributed by atoms with Gasteiger partial charge in [0.2, 0.25) is 5.95 Å². The van der Waals surface area contributed by atoms with Crippen LogP contribution in [0.3, 0.4) is 0 Å². The number of likely N-dealkylation sites (tertiary alicyclic amines) is 1. The molecule has 5 heterocycles. The van der Waals surface area contributed by atoms with Gasteiger partial charge < -0.3 is 15.1 Å². The van der Waals surface area contributed by atoms with E-state index < -0.39 is 0 Å². The molecule has 3 aromatic heterocycles. The number of allylic oxidation sites excluding steroid dienone is 1. The Balaban J connectivity index is 1.27. The van der Waals surface area contributed by atoms with E-state index in [0.717, 1.165) is 18.8 Å². The predicted molar refractivity (Wildman–Crippen MR) is 171 cm³/mol. The summed E-state index contributed by atoms with van der Waals surface area (Å²) in [5.74, 6) is 0.777. The minimum absolute atomic E-state index is 0.146. The number of piperidine rings is 2.